The molecule has 2 aromatic carbocycles. The summed E-state index contributed by atoms with van der Waals surface area (Å²) in [6.07, 6.45) is 0. The molecular formula is C19H14N2O3S. The Bertz CT molecular complexity index is 975. The average molecular weight is 350 g/mol. The third-order valence-electron chi connectivity index (χ3n) is 3.58. The van der Waals surface area contributed by atoms with Crippen LogP contribution in [0.3, 0.4) is 0 Å². The molecule has 0 aliphatic carbocycles. The zero-order chi connectivity index (χ0) is 17.1. The Morgan fingerprint density at radius 3 is 2.68 bits per heavy atom. The summed E-state index contributed by atoms with van der Waals surface area (Å²) in [5.74, 6) is 0.319. The van der Waals surface area contributed by atoms with E-state index in [1.165, 1.54) is 11.3 Å². The molecule has 0 bridgehead atoms. The lowest BCUT2D eigenvalue weighted by Crippen LogP contribution is -2.23. The number of amides is 1. The van der Waals surface area contributed by atoms with E-state index in [1.807, 2.05) is 54.6 Å². The van der Waals surface area contributed by atoms with Crippen molar-refractivity contribution < 1.29 is 14.0 Å². The van der Waals surface area contributed by atoms with E-state index in [1.54, 1.807) is 12.1 Å². The minimum atomic E-state index is -0.428. The number of hydrogen-bond acceptors (Lipinski definition) is 5. The Kier molecular flexibility index (Phi) is 4.28. The van der Waals surface area contributed by atoms with Crippen molar-refractivity contribution in [3.63, 3.8) is 0 Å². The maximum atomic E-state index is 12.1. The highest BCUT2D eigenvalue weighted by Crippen LogP contribution is 2.31. The molecule has 0 fully saturated rings. The molecule has 4 rings (SSSR count). The summed E-state index contributed by atoms with van der Waals surface area (Å²) in [5.41, 5.74) is 4.27. The van der Waals surface area contributed by atoms with E-state index in [2.05, 4.69) is 10.5 Å². The van der Waals surface area contributed by atoms with E-state index in [9.17, 15) is 4.79 Å². The fourth-order valence-electron chi connectivity index (χ4n) is 2.36. The third-order valence-corrected chi connectivity index (χ3v) is 4.63. The Balaban J connectivity index is 1.42. The number of carbonyl (C=O) groups is 1. The number of nitrogens with zero attached hydrogens (tertiary/aromatic N) is 1. The number of aromatic nitrogens is 1. The van der Waals surface area contributed by atoms with Gasteiger partial charge in [-0.3, -0.25) is 9.63 Å². The summed E-state index contributed by atoms with van der Waals surface area (Å²) < 4.78 is 6.69. The number of para-hydroxylation sites is 1. The van der Waals surface area contributed by atoms with E-state index in [4.69, 9.17) is 9.25 Å². The fourth-order valence-corrected chi connectivity index (χ4v) is 3.29. The zero-order valence-corrected chi connectivity index (χ0v) is 14.0. The molecule has 1 N–H and O–H groups in total. The van der Waals surface area contributed by atoms with Crippen molar-refractivity contribution in [1.82, 2.24) is 10.5 Å². The quantitative estimate of drug-likeness (QED) is 0.541. The summed E-state index contributed by atoms with van der Waals surface area (Å²) in [6, 6.07) is 20.8. The molecule has 0 saturated carbocycles. The summed E-state index contributed by atoms with van der Waals surface area (Å²) in [5, 5.41) is 0.741. The van der Waals surface area contributed by atoms with Crippen molar-refractivity contribution in [3.05, 3.63) is 78.1 Å². The van der Waals surface area contributed by atoms with Crippen LogP contribution in [0.25, 0.3) is 21.0 Å². The normalized spacial score (nSPS) is 10.9. The Hall–Kier alpha value is -2.96. The molecule has 0 spiro atoms. The van der Waals surface area contributed by atoms with Crippen LogP contribution in [0.1, 0.15) is 16.1 Å². The molecule has 0 aliphatic rings. The number of hydroxylamine groups is 1. The molecular weight excluding hydrogens is 336 g/mol. The van der Waals surface area contributed by atoms with Crippen LogP contribution in [0.2, 0.25) is 0 Å². The molecule has 0 unspecified atom stereocenters. The molecule has 124 valence electrons. The number of carbonyl (C=O) groups excluding carboxylic acids is 1. The van der Waals surface area contributed by atoms with Gasteiger partial charge < -0.3 is 4.42 Å². The highest BCUT2D eigenvalue weighted by molar-refractivity contribution is 7.21. The topological polar surface area (TPSA) is 64.4 Å². The molecule has 2 aromatic heterocycles. The molecule has 0 saturated heterocycles. The van der Waals surface area contributed by atoms with Crippen LogP contribution in [0.4, 0.5) is 0 Å². The summed E-state index contributed by atoms with van der Waals surface area (Å²) in [7, 11) is 0. The van der Waals surface area contributed by atoms with Gasteiger partial charge in [0.15, 0.2) is 16.5 Å². The maximum Gasteiger partial charge on any atom is 0.310 e. The van der Waals surface area contributed by atoms with Crippen LogP contribution in [-0.2, 0) is 11.4 Å². The monoisotopic (exact) mass is 350 g/mol. The molecule has 4 aromatic rings. The van der Waals surface area contributed by atoms with Gasteiger partial charge in [-0.2, -0.15) is 0 Å². The highest BCUT2D eigenvalue weighted by atomic mass is 32.1. The van der Waals surface area contributed by atoms with Crippen LogP contribution in [0, 0.1) is 0 Å². The largest absolute Gasteiger partial charge is 0.448 e. The molecule has 6 heteroatoms. The number of nitrogens with one attached hydrogen (secondary N) is 1. The number of rotatable bonds is 5. The Morgan fingerprint density at radius 2 is 1.84 bits per heavy atom. The van der Waals surface area contributed by atoms with E-state index < -0.39 is 5.91 Å². The number of fused-ring (bicyclic) bond motifs is 1. The van der Waals surface area contributed by atoms with Crippen molar-refractivity contribution in [2.24, 2.45) is 0 Å². The van der Waals surface area contributed by atoms with Gasteiger partial charge in [-0.15, -0.1) is 11.3 Å². The van der Waals surface area contributed by atoms with Crippen molar-refractivity contribution in [2.45, 2.75) is 6.61 Å². The lowest BCUT2D eigenvalue weighted by molar-refractivity contribution is 0.0213. The van der Waals surface area contributed by atoms with Gasteiger partial charge in [0.25, 0.3) is 0 Å². The van der Waals surface area contributed by atoms with Crippen LogP contribution < -0.4 is 5.48 Å². The number of hydrogen-bond donors (Lipinski definition) is 1. The average Bonchev–Trinajstić information content (AvgIpc) is 3.29. The lowest BCUT2D eigenvalue weighted by atomic mass is 10.2. The van der Waals surface area contributed by atoms with Gasteiger partial charge in [-0.1, -0.05) is 42.5 Å². The van der Waals surface area contributed by atoms with E-state index in [-0.39, 0.29) is 12.4 Å². The standard InChI is InChI=1S/C19H14N2O3S/c22-18(21-23-12-13-6-2-1-3-7-13)15-10-11-16(24-15)19-20-14-8-4-5-9-17(14)25-19/h1-11H,12H2,(H,21,22). The molecule has 1 amide bonds. The van der Waals surface area contributed by atoms with Crippen molar-refractivity contribution in [3.8, 4) is 10.8 Å². The van der Waals surface area contributed by atoms with Crippen LogP contribution in [-0.4, -0.2) is 10.9 Å². The SMILES string of the molecule is O=C(NOCc1ccccc1)c1ccc(-c2nc3ccccc3s2)o1. The van der Waals surface area contributed by atoms with Gasteiger partial charge in [-0.25, -0.2) is 10.5 Å². The van der Waals surface area contributed by atoms with Gasteiger partial charge in [0.05, 0.1) is 16.8 Å². The predicted octanol–water partition coefficient (Wildman–Crippen LogP) is 4.42. The van der Waals surface area contributed by atoms with E-state index >= 15 is 0 Å². The molecule has 25 heavy (non-hydrogen) atoms. The van der Waals surface area contributed by atoms with Gasteiger partial charge in [0.2, 0.25) is 0 Å². The number of benzene rings is 2. The third kappa shape index (κ3) is 3.45. The summed E-state index contributed by atoms with van der Waals surface area (Å²) >= 11 is 1.52. The lowest BCUT2D eigenvalue weighted by Gasteiger charge is -2.04. The molecule has 0 atom stereocenters. The first-order valence-corrected chi connectivity index (χ1v) is 8.53. The second kappa shape index (κ2) is 6.88. The van der Waals surface area contributed by atoms with Crippen molar-refractivity contribution in [2.75, 3.05) is 0 Å². The Labute approximate surface area is 147 Å². The number of furan rings is 1. The van der Waals surface area contributed by atoms with E-state index in [0.29, 0.717) is 5.76 Å². The van der Waals surface area contributed by atoms with Crippen molar-refractivity contribution in [1.29, 1.82) is 0 Å². The van der Waals surface area contributed by atoms with Crippen LogP contribution in [0.5, 0.6) is 0 Å². The van der Waals surface area contributed by atoms with Crippen molar-refractivity contribution >= 4 is 27.5 Å². The molecule has 5 nitrogen and oxygen atoms in total. The van der Waals surface area contributed by atoms with E-state index in [0.717, 1.165) is 20.8 Å². The van der Waals surface area contributed by atoms with Gasteiger partial charge in [0, 0.05) is 0 Å². The second-order valence-electron chi connectivity index (χ2n) is 5.36. The maximum absolute atomic E-state index is 12.1. The molecule has 2 heterocycles. The first-order valence-electron chi connectivity index (χ1n) is 7.71. The first-order chi connectivity index (χ1) is 12.3. The molecule has 0 radical (unpaired) electrons. The Morgan fingerprint density at radius 1 is 1.04 bits per heavy atom. The minimum Gasteiger partial charge on any atom is -0.448 e. The predicted molar refractivity (Wildman–Crippen MR) is 96.0 cm³/mol. The smallest absolute Gasteiger partial charge is 0.310 e. The van der Waals surface area contributed by atoms with Crippen LogP contribution >= 0.6 is 11.3 Å². The fraction of sp³-hybridized carbons (Fsp3) is 0.0526. The van der Waals surface area contributed by atoms with Gasteiger partial charge in [-0.05, 0) is 29.8 Å². The second-order valence-corrected chi connectivity index (χ2v) is 6.39. The first kappa shape index (κ1) is 15.6. The number of thiazole rings is 1. The zero-order valence-electron chi connectivity index (χ0n) is 13.1. The molecule has 0 aliphatic heterocycles. The van der Waals surface area contributed by atoms with Gasteiger partial charge >= 0.3 is 5.91 Å². The highest BCUT2D eigenvalue weighted by Gasteiger charge is 2.15. The summed E-state index contributed by atoms with van der Waals surface area (Å²) in [4.78, 5) is 21.9. The van der Waals surface area contributed by atoms with Gasteiger partial charge in [0.1, 0.15) is 0 Å². The minimum absolute atomic E-state index is 0.183. The summed E-state index contributed by atoms with van der Waals surface area (Å²) in [6.45, 7) is 0.290. The van der Waals surface area contributed by atoms with Crippen LogP contribution in [0.15, 0.2) is 71.1 Å².